The fourth-order valence-electron chi connectivity index (χ4n) is 3.70. The Morgan fingerprint density at radius 2 is 2.12 bits per heavy atom. The molecule has 0 radical (unpaired) electrons. The van der Waals surface area contributed by atoms with E-state index in [1.807, 2.05) is 4.90 Å². The molecular weight excluding hydrogens is 309 g/mol. The van der Waals surface area contributed by atoms with Gasteiger partial charge in [-0.3, -0.25) is 4.79 Å². The molecule has 0 aromatic heterocycles. The zero-order valence-corrected chi connectivity index (χ0v) is 13.9. The molecule has 2 heterocycles. The molecule has 5 heteroatoms. The minimum Gasteiger partial charge on any atom is -0.375 e. The summed E-state index contributed by atoms with van der Waals surface area (Å²) in [6.45, 7) is 2.88. The van der Waals surface area contributed by atoms with Crippen molar-refractivity contribution in [3.05, 3.63) is 35.6 Å². The number of ether oxygens (including phenoxy) is 2. The average molecular weight is 333 g/mol. The third-order valence-electron chi connectivity index (χ3n) is 5.38. The summed E-state index contributed by atoms with van der Waals surface area (Å²) in [5.74, 6) is 0.575. The van der Waals surface area contributed by atoms with Crippen LogP contribution in [0.3, 0.4) is 0 Å². The molecular formula is C19H24FNO3. The lowest BCUT2D eigenvalue weighted by Gasteiger charge is -2.23. The second kappa shape index (κ2) is 6.45. The summed E-state index contributed by atoms with van der Waals surface area (Å²) in [7, 11) is 0. The van der Waals surface area contributed by atoms with Gasteiger partial charge >= 0.3 is 0 Å². The Morgan fingerprint density at radius 3 is 2.88 bits per heavy atom. The number of hydrogen-bond acceptors (Lipinski definition) is 3. The monoisotopic (exact) mass is 333 g/mol. The van der Waals surface area contributed by atoms with E-state index in [1.165, 1.54) is 25.0 Å². The fraction of sp³-hybridized carbons (Fsp3) is 0.632. The minimum atomic E-state index is -0.275. The molecule has 24 heavy (non-hydrogen) atoms. The van der Waals surface area contributed by atoms with E-state index >= 15 is 0 Å². The van der Waals surface area contributed by atoms with E-state index in [-0.39, 0.29) is 23.4 Å². The first-order valence-corrected chi connectivity index (χ1v) is 8.90. The number of carbonyl (C=O) groups excluding carboxylic acids is 1. The number of likely N-dealkylation sites (tertiary alicyclic amines) is 1. The number of hydrogen-bond donors (Lipinski definition) is 0. The van der Waals surface area contributed by atoms with Crippen molar-refractivity contribution < 1.29 is 18.7 Å². The SMILES string of the molecule is O=C(Cc1ccc(F)cc1)N1CC[C@]2(C[C@H](OCC3CC3)CO2)C1. The van der Waals surface area contributed by atoms with Crippen LogP contribution in [0.1, 0.15) is 31.2 Å². The van der Waals surface area contributed by atoms with E-state index in [1.54, 1.807) is 12.1 Å². The summed E-state index contributed by atoms with van der Waals surface area (Å²) in [6.07, 6.45) is 4.86. The van der Waals surface area contributed by atoms with Crippen LogP contribution in [0.2, 0.25) is 0 Å². The zero-order valence-electron chi connectivity index (χ0n) is 13.9. The van der Waals surface area contributed by atoms with Crippen molar-refractivity contribution in [1.82, 2.24) is 4.90 Å². The highest BCUT2D eigenvalue weighted by Crippen LogP contribution is 2.37. The standard InChI is InChI=1S/C19H24FNO3/c20-16-5-3-14(4-6-16)9-18(22)21-8-7-19(13-21)10-17(12-24-19)23-11-15-1-2-15/h3-6,15,17H,1-2,7-13H2/t17-,19-/m0/s1. The quantitative estimate of drug-likeness (QED) is 0.831. The topological polar surface area (TPSA) is 38.8 Å². The van der Waals surface area contributed by atoms with Crippen molar-refractivity contribution in [2.75, 3.05) is 26.3 Å². The van der Waals surface area contributed by atoms with Crippen LogP contribution in [0, 0.1) is 11.7 Å². The molecule has 1 aromatic rings. The lowest BCUT2D eigenvalue weighted by molar-refractivity contribution is -0.130. The van der Waals surface area contributed by atoms with Gasteiger partial charge in [0.05, 0.1) is 24.7 Å². The molecule has 0 bridgehead atoms. The summed E-state index contributed by atoms with van der Waals surface area (Å²) >= 11 is 0. The number of amides is 1. The van der Waals surface area contributed by atoms with Crippen molar-refractivity contribution in [3.8, 4) is 0 Å². The van der Waals surface area contributed by atoms with Gasteiger partial charge in [-0.2, -0.15) is 0 Å². The van der Waals surface area contributed by atoms with Crippen LogP contribution in [-0.4, -0.2) is 48.8 Å². The van der Waals surface area contributed by atoms with E-state index in [2.05, 4.69) is 0 Å². The fourth-order valence-corrected chi connectivity index (χ4v) is 3.70. The average Bonchev–Trinajstić information content (AvgIpc) is 3.19. The van der Waals surface area contributed by atoms with Crippen LogP contribution in [0.4, 0.5) is 4.39 Å². The lowest BCUT2D eigenvalue weighted by atomic mass is 9.98. The first-order chi connectivity index (χ1) is 11.6. The highest BCUT2D eigenvalue weighted by molar-refractivity contribution is 5.79. The van der Waals surface area contributed by atoms with Gasteiger partial charge in [0.25, 0.3) is 0 Å². The van der Waals surface area contributed by atoms with E-state index < -0.39 is 0 Å². The predicted molar refractivity (Wildman–Crippen MR) is 87.1 cm³/mol. The maximum Gasteiger partial charge on any atom is 0.227 e. The second-order valence-electron chi connectivity index (χ2n) is 7.47. The van der Waals surface area contributed by atoms with Crippen LogP contribution in [0.25, 0.3) is 0 Å². The molecule has 1 aromatic carbocycles. The third-order valence-corrected chi connectivity index (χ3v) is 5.38. The van der Waals surface area contributed by atoms with E-state index in [4.69, 9.17) is 9.47 Å². The first kappa shape index (κ1) is 16.0. The third kappa shape index (κ3) is 3.62. The summed E-state index contributed by atoms with van der Waals surface area (Å²) in [6, 6.07) is 6.14. The molecule has 0 N–H and O–H groups in total. The molecule has 1 amide bonds. The van der Waals surface area contributed by atoms with Crippen LogP contribution >= 0.6 is 0 Å². The van der Waals surface area contributed by atoms with Crippen molar-refractivity contribution >= 4 is 5.91 Å². The minimum absolute atomic E-state index is 0.0874. The number of rotatable bonds is 5. The molecule has 3 fully saturated rings. The maximum atomic E-state index is 13.0. The molecule has 1 aliphatic carbocycles. The van der Waals surface area contributed by atoms with E-state index in [0.29, 0.717) is 19.6 Å². The summed E-state index contributed by atoms with van der Waals surface area (Å²) in [5.41, 5.74) is 0.632. The molecule has 3 aliphatic rings. The molecule has 2 saturated heterocycles. The largest absolute Gasteiger partial charge is 0.375 e. The number of nitrogens with zero attached hydrogens (tertiary/aromatic N) is 1. The van der Waals surface area contributed by atoms with Gasteiger partial charge in [0, 0.05) is 26.1 Å². The molecule has 0 unspecified atom stereocenters. The van der Waals surface area contributed by atoms with E-state index in [9.17, 15) is 9.18 Å². The normalized spacial score (nSPS) is 29.5. The highest BCUT2D eigenvalue weighted by atomic mass is 19.1. The first-order valence-electron chi connectivity index (χ1n) is 8.90. The van der Waals surface area contributed by atoms with Crippen LogP contribution in [0.5, 0.6) is 0 Å². The van der Waals surface area contributed by atoms with Crippen molar-refractivity contribution in [3.63, 3.8) is 0 Å². The zero-order chi connectivity index (χ0) is 16.6. The van der Waals surface area contributed by atoms with Gasteiger partial charge in [-0.25, -0.2) is 4.39 Å². The Balaban J connectivity index is 1.29. The van der Waals surface area contributed by atoms with Gasteiger partial charge in [0.1, 0.15) is 5.82 Å². The number of carbonyl (C=O) groups is 1. The molecule has 2 atom stereocenters. The summed E-state index contributed by atoms with van der Waals surface area (Å²) in [5, 5.41) is 0. The summed E-state index contributed by atoms with van der Waals surface area (Å²) in [4.78, 5) is 14.4. The van der Waals surface area contributed by atoms with Crippen LogP contribution < -0.4 is 0 Å². The predicted octanol–water partition coefficient (Wildman–Crippen LogP) is 2.55. The van der Waals surface area contributed by atoms with Gasteiger partial charge in [0.2, 0.25) is 5.91 Å². The second-order valence-corrected chi connectivity index (χ2v) is 7.47. The Morgan fingerprint density at radius 1 is 1.33 bits per heavy atom. The van der Waals surface area contributed by atoms with Gasteiger partial charge in [0.15, 0.2) is 0 Å². The number of halogens is 1. The number of benzene rings is 1. The summed E-state index contributed by atoms with van der Waals surface area (Å²) < 4.78 is 25.0. The molecule has 4 nitrogen and oxygen atoms in total. The van der Waals surface area contributed by atoms with Gasteiger partial charge in [-0.15, -0.1) is 0 Å². The Kier molecular flexibility index (Phi) is 4.31. The molecule has 2 aliphatic heterocycles. The molecule has 130 valence electrons. The van der Waals surface area contributed by atoms with Crippen molar-refractivity contribution in [2.45, 2.75) is 43.8 Å². The maximum absolute atomic E-state index is 13.0. The Bertz CT molecular complexity index is 601. The van der Waals surface area contributed by atoms with Gasteiger partial charge in [-0.1, -0.05) is 12.1 Å². The van der Waals surface area contributed by atoms with Crippen molar-refractivity contribution in [1.29, 1.82) is 0 Å². The molecule has 4 rings (SSSR count). The Hall–Kier alpha value is -1.46. The Labute approximate surface area is 141 Å². The van der Waals surface area contributed by atoms with Crippen molar-refractivity contribution in [2.24, 2.45) is 5.92 Å². The van der Waals surface area contributed by atoms with Crippen LogP contribution in [-0.2, 0) is 20.7 Å². The molecule has 1 spiro atoms. The van der Waals surface area contributed by atoms with Gasteiger partial charge in [-0.05, 0) is 42.9 Å². The lowest BCUT2D eigenvalue weighted by Crippen LogP contribution is -2.36. The molecule has 1 saturated carbocycles. The van der Waals surface area contributed by atoms with E-state index in [0.717, 1.165) is 37.5 Å². The van der Waals surface area contributed by atoms with Crippen LogP contribution in [0.15, 0.2) is 24.3 Å². The van der Waals surface area contributed by atoms with Gasteiger partial charge < -0.3 is 14.4 Å². The highest BCUT2D eigenvalue weighted by Gasteiger charge is 2.47. The smallest absolute Gasteiger partial charge is 0.227 e.